The molecule has 0 aromatic rings. The third-order valence-electron chi connectivity index (χ3n) is 8.03. The van der Waals surface area contributed by atoms with Crippen LogP contribution in [-0.2, 0) is 28.6 Å². The Hall–Kier alpha value is -3.49. The molecule has 0 N–H and O–H groups in total. The highest BCUT2D eigenvalue weighted by atomic mass is 16.6. The molecule has 0 amide bonds. The van der Waals surface area contributed by atoms with Gasteiger partial charge in [0.05, 0.1) is 40.3 Å². The van der Waals surface area contributed by atoms with Crippen molar-refractivity contribution in [3.05, 3.63) is 85.1 Å². The van der Waals surface area contributed by atoms with Gasteiger partial charge in [-0.3, -0.25) is 9.59 Å². The summed E-state index contributed by atoms with van der Waals surface area (Å²) in [5, 5.41) is 11.6. The number of hydrogen-bond donors (Lipinski definition) is 0. The zero-order valence-electron chi connectivity index (χ0n) is 33.2. The summed E-state index contributed by atoms with van der Waals surface area (Å²) in [6.07, 6.45) is 43.6. The van der Waals surface area contributed by atoms with Crippen LogP contribution in [0.2, 0.25) is 0 Å². The number of likely N-dealkylation sites (N-methyl/N-ethyl adjacent to an activating group) is 1. The first-order valence-corrected chi connectivity index (χ1v) is 19.6. The fraction of sp³-hybridized carbons (Fsp3) is 0.614. The zero-order valence-corrected chi connectivity index (χ0v) is 33.2. The number of quaternary nitrogens is 1. The Morgan fingerprint density at radius 1 is 0.596 bits per heavy atom. The Morgan fingerprint density at radius 3 is 1.65 bits per heavy atom. The molecule has 0 aliphatic carbocycles. The van der Waals surface area contributed by atoms with E-state index in [0.29, 0.717) is 12.8 Å². The second-order valence-corrected chi connectivity index (χ2v) is 13.8. The topological polar surface area (TPSA) is 102 Å². The van der Waals surface area contributed by atoms with Gasteiger partial charge in [0.1, 0.15) is 12.6 Å². The molecule has 0 saturated heterocycles. The molecule has 0 saturated carbocycles. The third kappa shape index (κ3) is 32.4. The molecule has 0 fully saturated rings. The first-order chi connectivity index (χ1) is 25.1. The summed E-state index contributed by atoms with van der Waals surface area (Å²) in [6, 6.07) is -0.743. The number of carboxylic acid groups (broad SMARTS) is 1. The summed E-state index contributed by atoms with van der Waals surface area (Å²) < 4.78 is 16.9. The first kappa shape index (κ1) is 48.5. The monoisotopic (exact) mass is 726 g/mol. The van der Waals surface area contributed by atoms with E-state index in [0.717, 1.165) is 57.8 Å². The SMILES string of the molecule is CC/C=C/C/C=C/C/C=C/C/C=C/C/C=C/C/C=C/CCCC(=O)OC(COCCC(C(=O)[O-])[N+](C)(C)C)COC(=O)CC/C=C/CCCCCC. The fourth-order valence-electron chi connectivity index (χ4n) is 4.98. The Bertz CT molecular complexity index is 1120. The lowest BCUT2D eigenvalue weighted by molar-refractivity contribution is -0.889. The summed E-state index contributed by atoms with van der Waals surface area (Å²) in [7, 11) is 5.35. The van der Waals surface area contributed by atoms with E-state index in [9.17, 15) is 19.5 Å². The van der Waals surface area contributed by atoms with Gasteiger partial charge >= 0.3 is 11.9 Å². The van der Waals surface area contributed by atoms with E-state index in [1.165, 1.54) is 19.3 Å². The predicted molar refractivity (Wildman–Crippen MR) is 212 cm³/mol. The maximum Gasteiger partial charge on any atom is 0.306 e. The van der Waals surface area contributed by atoms with Crippen LogP contribution in [0.1, 0.15) is 123 Å². The molecule has 8 nitrogen and oxygen atoms in total. The summed E-state index contributed by atoms with van der Waals surface area (Å²) >= 11 is 0. The summed E-state index contributed by atoms with van der Waals surface area (Å²) in [4.78, 5) is 36.5. The minimum absolute atomic E-state index is 0.000738. The molecule has 0 bridgehead atoms. The lowest BCUT2D eigenvalue weighted by atomic mass is 10.1. The number of rotatable bonds is 33. The number of nitrogens with zero attached hydrogens (tertiary/aromatic N) is 1. The standard InChI is InChI=1S/C44H71NO7/c1-6-8-10-12-14-16-17-18-19-20-21-22-23-24-25-26-27-29-31-33-35-43(47)52-40(38-50-37-36-41(44(48)49)45(3,4)5)39-51-42(46)34-32-30-28-15-13-11-9-7-2/h8,10,14,16,18-19,21-22,24-25,27-30,40-41H,6-7,9,11-13,15,17,20,23,26,31-39H2,1-5H3/b10-8+,16-14+,19-18+,22-21+,25-24+,29-27+,30-28+. The van der Waals surface area contributed by atoms with Crippen molar-refractivity contribution in [3.63, 3.8) is 0 Å². The maximum atomic E-state index is 12.6. The molecule has 0 radical (unpaired) electrons. The summed E-state index contributed by atoms with van der Waals surface area (Å²) in [5.74, 6) is -1.90. The van der Waals surface area contributed by atoms with Gasteiger partial charge in [-0.25, -0.2) is 0 Å². The number of esters is 2. The molecule has 52 heavy (non-hydrogen) atoms. The van der Waals surface area contributed by atoms with Gasteiger partial charge in [-0.1, -0.05) is 118 Å². The third-order valence-corrected chi connectivity index (χ3v) is 8.03. The lowest BCUT2D eigenvalue weighted by Crippen LogP contribution is -2.55. The maximum absolute atomic E-state index is 12.6. The lowest BCUT2D eigenvalue weighted by Gasteiger charge is -2.34. The first-order valence-electron chi connectivity index (χ1n) is 19.6. The highest BCUT2D eigenvalue weighted by molar-refractivity contribution is 5.70. The summed E-state index contributed by atoms with van der Waals surface area (Å²) in [6.45, 7) is 4.36. The molecule has 2 atom stereocenters. The van der Waals surface area contributed by atoms with Crippen LogP contribution < -0.4 is 5.11 Å². The predicted octanol–water partition coefficient (Wildman–Crippen LogP) is 8.85. The number of ether oxygens (including phenoxy) is 3. The van der Waals surface area contributed by atoms with E-state index >= 15 is 0 Å². The van der Waals surface area contributed by atoms with Gasteiger partial charge in [0.15, 0.2) is 6.10 Å². The van der Waals surface area contributed by atoms with E-state index in [4.69, 9.17) is 14.2 Å². The van der Waals surface area contributed by atoms with E-state index in [-0.39, 0.29) is 55.5 Å². The number of hydrogen-bond acceptors (Lipinski definition) is 7. The number of carbonyl (C=O) groups excluding carboxylic acids is 3. The molecular formula is C44H71NO7. The molecular weight excluding hydrogens is 654 g/mol. The second kappa shape index (κ2) is 34.6. The van der Waals surface area contributed by atoms with Crippen molar-refractivity contribution in [2.75, 3.05) is 41.0 Å². The smallest absolute Gasteiger partial charge is 0.306 e. The molecule has 0 aromatic carbocycles. The van der Waals surface area contributed by atoms with Crippen molar-refractivity contribution in [2.24, 2.45) is 0 Å². The van der Waals surface area contributed by atoms with Gasteiger partial charge in [-0.2, -0.15) is 0 Å². The number of carboxylic acids is 1. The van der Waals surface area contributed by atoms with E-state index in [1.54, 1.807) is 21.1 Å². The van der Waals surface area contributed by atoms with Gasteiger partial charge in [0.2, 0.25) is 0 Å². The van der Waals surface area contributed by atoms with E-state index < -0.39 is 18.1 Å². The average Bonchev–Trinajstić information content (AvgIpc) is 3.09. The van der Waals surface area contributed by atoms with Gasteiger partial charge in [0.25, 0.3) is 0 Å². The number of allylic oxidation sites excluding steroid dienone is 14. The number of unbranched alkanes of at least 4 members (excludes halogenated alkanes) is 5. The molecule has 0 rings (SSSR count). The Balaban J connectivity index is 4.52. The van der Waals surface area contributed by atoms with Crippen LogP contribution in [0.15, 0.2) is 85.1 Å². The molecule has 0 aliphatic heterocycles. The van der Waals surface area contributed by atoms with Crippen molar-refractivity contribution < 1.29 is 38.2 Å². The molecule has 2 unspecified atom stereocenters. The van der Waals surface area contributed by atoms with Crippen molar-refractivity contribution in [3.8, 4) is 0 Å². The molecule has 8 heteroatoms. The highest BCUT2D eigenvalue weighted by Crippen LogP contribution is 2.10. The van der Waals surface area contributed by atoms with Crippen molar-refractivity contribution in [2.45, 2.75) is 135 Å². The van der Waals surface area contributed by atoms with Crippen molar-refractivity contribution >= 4 is 17.9 Å². The zero-order chi connectivity index (χ0) is 38.5. The van der Waals surface area contributed by atoms with Gasteiger partial charge in [-0.05, 0) is 70.6 Å². The normalized spacial score (nSPS) is 13.9. The molecule has 294 valence electrons. The minimum atomic E-state index is -1.14. The van der Waals surface area contributed by atoms with Crippen LogP contribution >= 0.6 is 0 Å². The van der Waals surface area contributed by atoms with E-state index in [1.807, 2.05) is 6.08 Å². The van der Waals surface area contributed by atoms with Crippen LogP contribution in [0.25, 0.3) is 0 Å². The van der Waals surface area contributed by atoms with Crippen LogP contribution in [0, 0.1) is 0 Å². The second-order valence-electron chi connectivity index (χ2n) is 13.8. The Labute approximate surface area is 316 Å². The molecule has 0 aromatic heterocycles. The van der Waals surface area contributed by atoms with Crippen LogP contribution in [-0.4, -0.2) is 75.5 Å². The molecule has 0 aliphatic rings. The summed E-state index contributed by atoms with van der Waals surface area (Å²) in [5.41, 5.74) is 0. The van der Waals surface area contributed by atoms with Crippen LogP contribution in [0.5, 0.6) is 0 Å². The van der Waals surface area contributed by atoms with Gasteiger partial charge in [0, 0.05) is 19.3 Å². The van der Waals surface area contributed by atoms with Crippen LogP contribution in [0.4, 0.5) is 0 Å². The van der Waals surface area contributed by atoms with Crippen LogP contribution in [0.3, 0.4) is 0 Å². The molecule has 0 heterocycles. The minimum Gasteiger partial charge on any atom is -0.544 e. The number of aliphatic carboxylic acids is 1. The van der Waals surface area contributed by atoms with Crippen molar-refractivity contribution in [1.29, 1.82) is 0 Å². The largest absolute Gasteiger partial charge is 0.544 e. The van der Waals surface area contributed by atoms with E-state index in [2.05, 4.69) is 92.8 Å². The fourth-order valence-corrected chi connectivity index (χ4v) is 4.98. The average molecular weight is 726 g/mol. The van der Waals surface area contributed by atoms with Gasteiger partial charge in [-0.15, -0.1) is 0 Å². The quantitative estimate of drug-likeness (QED) is 0.0288. The highest BCUT2D eigenvalue weighted by Gasteiger charge is 2.25. The van der Waals surface area contributed by atoms with Gasteiger partial charge < -0.3 is 28.6 Å². The van der Waals surface area contributed by atoms with Crippen molar-refractivity contribution in [1.82, 2.24) is 0 Å². The molecule has 0 spiro atoms. The number of carbonyl (C=O) groups is 3. The Kier molecular flexibility index (Phi) is 32.3. The Morgan fingerprint density at radius 2 is 1.12 bits per heavy atom.